The summed E-state index contributed by atoms with van der Waals surface area (Å²) in [6.45, 7) is 0.698. The van der Waals surface area contributed by atoms with E-state index >= 15 is 0 Å². The first-order valence-corrected chi connectivity index (χ1v) is 6.89. The third kappa shape index (κ3) is 3.98. The van der Waals surface area contributed by atoms with Gasteiger partial charge in [0.25, 0.3) is 0 Å². The van der Waals surface area contributed by atoms with Crippen LogP contribution in [0.4, 0.5) is 0 Å². The number of hydrogen-bond acceptors (Lipinski definition) is 3. The molecule has 1 heterocycles. The van der Waals surface area contributed by atoms with Gasteiger partial charge in [-0.2, -0.15) is 0 Å². The Morgan fingerprint density at radius 2 is 2.10 bits per heavy atom. The lowest BCUT2D eigenvalue weighted by atomic mass is 10.1. The van der Waals surface area contributed by atoms with E-state index in [1.807, 2.05) is 24.3 Å². The Kier molecular flexibility index (Phi) is 4.98. The standard InChI is InChI=1S/C15H20N2O3/c1-20-12-7-5-11(6-8-12)10-14(18)17-13-4-2-3-9-16-15(13)19/h5-8,13H,2-4,9-10H2,1H3,(H,16,19)(H,17,18). The van der Waals surface area contributed by atoms with Crippen LogP contribution in [0.25, 0.3) is 0 Å². The monoisotopic (exact) mass is 276 g/mol. The predicted octanol–water partition coefficient (Wildman–Crippen LogP) is 1.02. The van der Waals surface area contributed by atoms with E-state index in [0.717, 1.165) is 24.2 Å². The van der Waals surface area contributed by atoms with Crippen LogP contribution < -0.4 is 15.4 Å². The van der Waals surface area contributed by atoms with Crippen LogP contribution in [-0.4, -0.2) is 31.5 Å². The van der Waals surface area contributed by atoms with Gasteiger partial charge in [-0.3, -0.25) is 9.59 Å². The molecule has 2 N–H and O–H groups in total. The van der Waals surface area contributed by atoms with Crippen LogP contribution in [0.2, 0.25) is 0 Å². The van der Waals surface area contributed by atoms with Crippen molar-refractivity contribution in [2.45, 2.75) is 31.7 Å². The zero-order valence-electron chi connectivity index (χ0n) is 11.6. The van der Waals surface area contributed by atoms with Gasteiger partial charge < -0.3 is 15.4 Å². The Balaban J connectivity index is 1.89. The highest BCUT2D eigenvalue weighted by Gasteiger charge is 2.22. The minimum atomic E-state index is -0.400. The third-order valence-corrected chi connectivity index (χ3v) is 3.39. The van der Waals surface area contributed by atoms with Crippen molar-refractivity contribution >= 4 is 11.8 Å². The maximum Gasteiger partial charge on any atom is 0.242 e. The van der Waals surface area contributed by atoms with E-state index in [-0.39, 0.29) is 18.2 Å². The van der Waals surface area contributed by atoms with Crippen LogP contribution in [0.15, 0.2) is 24.3 Å². The average Bonchev–Trinajstić information content (AvgIpc) is 2.65. The molecule has 2 amide bonds. The van der Waals surface area contributed by atoms with Crippen LogP contribution >= 0.6 is 0 Å². The molecule has 1 aliphatic rings. The number of methoxy groups -OCH3 is 1. The zero-order chi connectivity index (χ0) is 14.4. The third-order valence-electron chi connectivity index (χ3n) is 3.39. The van der Waals surface area contributed by atoms with E-state index in [2.05, 4.69) is 10.6 Å². The number of nitrogens with one attached hydrogen (secondary N) is 2. The second kappa shape index (κ2) is 6.93. The second-order valence-electron chi connectivity index (χ2n) is 4.93. The number of rotatable bonds is 4. The Morgan fingerprint density at radius 3 is 2.80 bits per heavy atom. The molecule has 0 aromatic heterocycles. The van der Waals surface area contributed by atoms with Crippen molar-refractivity contribution in [3.63, 3.8) is 0 Å². The molecule has 1 atom stereocenters. The van der Waals surface area contributed by atoms with Crippen molar-refractivity contribution in [1.29, 1.82) is 0 Å². The van der Waals surface area contributed by atoms with E-state index in [4.69, 9.17) is 4.74 Å². The van der Waals surface area contributed by atoms with Crippen molar-refractivity contribution in [3.05, 3.63) is 29.8 Å². The summed E-state index contributed by atoms with van der Waals surface area (Å²) in [5, 5.41) is 5.61. The second-order valence-corrected chi connectivity index (χ2v) is 4.93. The molecule has 1 unspecified atom stereocenters. The smallest absolute Gasteiger partial charge is 0.242 e. The molecule has 108 valence electrons. The Bertz CT molecular complexity index is 471. The van der Waals surface area contributed by atoms with Gasteiger partial charge in [0.05, 0.1) is 13.5 Å². The van der Waals surface area contributed by atoms with Crippen LogP contribution in [0.3, 0.4) is 0 Å². The number of ether oxygens (including phenoxy) is 1. The summed E-state index contributed by atoms with van der Waals surface area (Å²) in [6.07, 6.45) is 2.90. The molecule has 1 aromatic carbocycles. The highest BCUT2D eigenvalue weighted by atomic mass is 16.5. The summed E-state index contributed by atoms with van der Waals surface area (Å²) in [5.74, 6) is 0.556. The lowest BCUT2D eigenvalue weighted by Gasteiger charge is -2.15. The van der Waals surface area contributed by atoms with E-state index in [0.29, 0.717) is 13.0 Å². The molecule has 0 saturated carbocycles. The molecule has 0 spiro atoms. The highest BCUT2D eigenvalue weighted by molar-refractivity contribution is 5.88. The first-order chi connectivity index (χ1) is 9.69. The van der Waals surface area contributed by atoms with E-state index in [9.17, 15) is 9.59 Å². The van der Waals surface area contributed by atoms with Gasteiger partial charge in [0.2, 0.25) is 11.8 Å². The van der Waals surface area contributed by atoms with E-state index in [1.54, 1.807) is 7.11 Å². The SMILES string of the molecule is COc1ccc(CC(=O)NC2CCCCNC2=O)cc1. The summed E-state index contributed by atoms with van der Waals surface area (Å²) in [5.41, 5.74) is 0.900. The largest absolute Gasteiger partial charge is 0.497 e. The average molecular weight is 276 g/mol. The normalized spacial score (nSPS) is 18.9. The van der Waals surface area contributed by atoms with Crippen molar-refractivity contribution in [2.75, 3.05) is 13.7 Å². The fourth-order valence-electron chi connectivity index (χ4n) is 2.25. The molecule has 1 fully saturated rings. The maximum atomic E-state index is 12.0. The van der Waals surface area contributed by atoms with Gasteiger partial charge in [0.15, 0.2) is 0 Å². The van der Waals surface area contributed by atoms with Crippen molar-refractivity contribution < 1.29 is 14.3 Å². The van der Waals surface area contributed by atoms with Crippen molar-refractivity contribution in [3.8, 4) is 5.75 Å². The van der Waals surface area contributed by atoms with Crippen LogP contribution in [-0.2, 0) is 16.0 Å². The molecule has 0 bridgehead atoms. The van der Waals surface area contributed by atoms with Gasteiger partial charge >= 0.3 is 0 Å². The summed E-state index contributed by atoms with van der Waals surface area (Å²) in [7, 11) is 1.60. The summed E-state index contributed by atoms with van der Waals surface area (Å²) in [6, 6.07) is 6.95. The summed E-state index contributed by atoms with van der Waals surface area (Å²) in [4.78, 5) is 23.7. The van der Waals surface area contributed by atoms with Crippen molar-refractivity contribution in [2.24, 2.45) is 0 Å². The van der Waals surface area contributed by atoms with E-state index in [1.165, 1.54) is 0 Å². The van der Waals surface area contributed by atoms with Gasteiger partial charge in [-0.25, -0.2) is 0 Å². The molecule has 5 heteroatoms. The maximum absolute atomic E-state index is 12.0. The van der Waals surface area contributed by atoms with Crippen LogP contribution in [0, 0.1) is 0 Å². The number of benzene rings is 1. The first kappa shape index (κ1) is 14.4. The summed E-state index contributed by atoms with van der Waals surface area (Å²) >= 11 is 0. The molecule has 1 aliphatic heterocycles. The molecular formula is C15H20N2O3. The number of carbonyl (C=O) groups is 2. The lowest BCUT2D eigenvalue weighted by Crippen LogP contribution is -2.45. The molecule has 1 aromatic rings. The number of carbonyl (C=O) groups excluding carboxylic acids is 2. The molecule has 0 aliphatic carbocycles. The zero-order valence-corrected chi connectivity index (χ0v) is 11.6. The molecule has 5 nitrogen and oxygen atoms in total. The highest BCUT2D eigenvalue weighted by Crippen LogP contribution is 2.12. The fraction of sp³-hybridized carbons (Fsp3) is 0.467. The minimum Gasteiger partial charge on any atom is -0.497 e. The van der Waals surface area contributed by atoms with Crippen LogP contribution in [0.5, 0.6) is 5.75 Å². The van der Waals surface area contributed by atoms with Gasteiger partial charge in [-0.05, 0) is 37.0 Å². The first-order valence-electron chi connectivity index (χ1n) is 6.89. The molecule has 2 rings (SSSR count). The van der Waals surface area contributed by atoms with Gasteiger partial charge in [-0.15, -0.1) is 0 Å². The number of hydrogen-bond donors (Lipinski definition) is 2. The Morgan fingerprint density at radius 1 is 1.35 bits per heavy atom. The Labute approximate surface area is 118 Å². The van der Waals surface area contributed by atoms with Gasteiger partial charge in [0.1, 0.15) is 11.8 Å². The minimum absolute atomic E-state index is 0.0782. The lowest BCUT2D eigenvalue weighted by molar-refractivity contribution is -0.128. The van der Waals surface area contributed by atoms with Crippen molar-refractivity contribution in [1.82, 2.24) is 10.6 Å². The molecule has 1 saturated heterocycles. The van der Waals surface area contributed by atoms with E-state index < -0.39 is 6.04 Å². The quantitative estimate of drug-likeness (QED) is 0.863. The summed E-state index contributed by atoms with van der Waals surface area (Å²) < 4.78 is 5.07. The topological polar surface area (TPSA) is 67.4 Å². The molecule has 0 radical (unpaired) electrons. The molecule has 20 heavy (non-hydrogen) atoms. The van der Waals surface area contributed by atoms with Crippen LogP contribution in [0.1, 0.15) is 24.8 Å². The van der Waals surface area contributed by atoms with Gasteiger partial charge in [-0.1, -0.05) is 12.1 Å². The number of amides is 2. The fourth-order valence-corrected chi connectivity index (χ4v) is 2.25. The molecular weight excluding hydrogens is 256 g/mol. The Hall–Kier alpha value is -2.04. The van der Waals surface area contributed by atoms with Gasteiger partial charge in [0, 0.05) is 6.54 Å². The predicted molar refractivity (Wildman–Crippen MR) is 75.5 cm³/mol.